The third-order valence-corrected chi connectivity index (χ3v) is 5.45. The van der Waals surface area contributed by atoms with Gasteiger partial charge in [0.1, 0.15) is 0 Å². The molecule has 6 nitrogen and oxygen atoms in total. The van der Waals surface area contributed by atoms with E-state index in [-0.39, 0.29) is 24.6 Å². The maximum absolute atomic E-state index is 12.9. The van der Waals surface area contributed by atoms with E-state index in [0.29, 0.717) is 0 Å². The molecule has 0 atom stereocenters. The Labute approximate surface area is 174 Å². The van der Waals surface area contributed by atoms with Crippen LogP contribution in [-0.4, -0.2) is 33.7 Å². The highest BCUT2D eigenvalue weighted by Crippen LogP contribution is 2.24. The van der Waals surface area contributed by atoms with E-state index in [9.17, 15) is 9.59 Å². The summed E-state index contributed by atoms with van der Waals surface area (Å²) in [5.74, 6) is -0.329. The summed E-state index contributed by atoms with van der Waals surface area (Å²) in [6.07, 6.45) is 3.74. The lowest BCUT2D eigenvalue weighted by Crippen LogP contribution is -2.35. The maximum Gasteiger partial charge on any atom is 0.237 e. The molecule has 0 fully saturated rings. The molecular weight excluding hydrogens is 384 g/mol. The number of carbonyl (C=O) groups is 2. The fourth-order valence-corrected chi connectivity index (χ4v) is 3.93. The Bertz CT molecular complexity index is 1000. The fraction of sp³-hybridized carbons (Fsp3) is 0.227. The number of aromatic nitrogens is 2. The van der Waals surface area contributed by atoms with Crippen molar-refractivity contribution in [2.45, 2.75) is 25.4 Å². The van der Waals surface area contributed by atoms with E-state index in [1.54, 1.807) is 11.1 Å². The lowest BCUT2D eigenvalue weighted by Gasteiger charge is -2.22. The number of hydrogen-bond donors (Lipinski definition) is 1. The molecule has 0 unspecified atom stereocenters. The lowest BCUT2D eigenvalue weighted by molar-refractivity contribution is -0.118. The molecule has 150 valence electrons. The summed E-state index contributed by atoms with van der Waals surface area (Å²) >= 11 is 1.37. The summed E-state index contributed by atoms with van der Waals surface area (Å²) in [4.78, 5) is 30.2. The van der Waals surface area contributed by atoms with Crippen molar-refractivity contribution in [3.8, 4) is 5.69 Å². The van der Waals surface area contributed by atoms with Crippen LogP contribution in [0.1, 0.15) is 17.5 Å². The Morgan fingerprint density at radius 3 is 2.59 bits per heavy atom. The highest BCUT2D eigenvalue weighted by atomic mass is 32.2. The van der Waals surface area contributed by atoms with Crippen molar-refractivity contribution in [2.24, 2.45) is 5.73 Å². The second-order valence-electron chi connectivity index (χ2n) is 6.76. The van der Waals surface area contributed by atoms with Crippen LogP contribution in [0, 0.1) is 13.8 Å². The van der Waals surface area contributed by atoms with Gasteiger partial charge in [-0.05, 0) is 37.6 Å². The van der Waals surface area contributed by atoms with Crippen LogP contribution in [0.3, 0.4) is 0 Å². The van der Waals surface area contributed by atoms with Crippen LogP contribution in [-0.2, 0) is 9.59 Å². The molecule has 0 bridgehead atoms. The molecule has 0 aliphatic carbocycles. The standard InChI is InChI=1S/C22H24N4O2S/c1-16-8-9-19(17(2)14-16)26-13-11-24-22(26)29-15-21(28)25(12-10-20(23)27)18-6-4-3-5-7-18/h3-9,11,13-14H,10,12,15H2,1-2H3,(H2,23,27). The lowest BCUT2D eigenvalue weighted by atomic mass is 10.1. The van der Waals surface area contributed by atoms with E-state index in [1.807, 2.05) is 41.1 Å². The number of amides is 2. The van der Waals surface area contributed by atoms with Crippen LogP contribution in [0.5, 0.6) is 0 Å². The largest absolute Gasteiger partial charge is 0.370 e. The number of para-hydroxylation sites is 1. The molecule has 2 aromatic carbocycles. The second-order valence-corrected chi connectivity index (χ2v) is 7.70. The Morgan fingerprint density at radius 1 is 1.14 bits per heavy atom. The Morgan fingerprint density at radius 2 is 1.90 bits per heavy atom. The first-order valence-electron chi connectivity index (χ1n) is 9.33. The topological polar surface area (TPSA) is 81.2 Å². The number of rotatable bonds is 8. The van der Waals surface area contributed by atoms with Gasteiger partial charge in [0, 0.05) is 31.0 Å². The summed E-state index contributed by atoms with van der Waals surface area (Å²) < 4.78 is 1.99. The molecule has 2 N–H and O–H groups in total. The van der Waals surface area contributed by atoms with Crippen molar-refractivity contribution < 1.29 is 9.59 Å². The van der Waals surface area contributed by atoms with E-state index in [0.717, 1.165) is 22.1 Å². The van der Waals surface area contributed by atoms with Gasteiger partial charge in [-0.1, -0.05) is 47.7 Å². The zero-order chi connectivity index (χ0) is 20.8. The van der Waals surface area contributed by atoms with Crippen LogP contribution in [0.4, 0.5) is 5.69 Å². The van der Waals surface area contributed by atoms with Gasteiger partial charge >= 0.3 is 0 Å². The number of thioether (sulfide) groups is 1. The molecule has 1 heterocycles. The summed E-state index contributed by atoms with van der Waals surface area (Å²) in [5.41, 5.74) is 9.41. The monoisotopic (exact) mass is 408 g/mol. The van der Waals surface area contributed by atoms with Gasteiger partial charge in [-0.15, -0.1) is 0 Å². The van der Waals surface area contributed by atoms with E-state index >= 15 is 0 Å². The third-order valence-electron chi connectivity index (χ3n) is 4.49. The summed E-state index contributed by atoms with van der Waals surface area (Å²) in [6, 6.07) is 15.5. The smallest absolute Gasteiger partial charge is 0.237 e. The van der Waals surface area contributed by atoms with Crippen molar-refractivity contribution in [3.05, 3.63) is 72.1 Å². The van der Waals surface area contributed by atoms with Crippen LogP contribution in [0.15, 0.2) is 66.1 Å². The zero-order valence-electron chi connectivity index (χ0n) is 16.5. The van der Waals surface area contributed by atoms with Gasteiger partial charge in [0.2, 0.25) is 11.8 Å². The van der Waals surface area contributed by atoms with Gasteiger partial charge < -0.3 is 10.6 Å². The first-order valence-corrected chi connectivity index (χ1v) is 10.3. The highest BCUT2D eigenvalue weighted by molar-refractivity contribution is 7.99. The number of imidazole rings is 1. The highest BCUT2D eigenvalue weighted by Gasteiger charge is 2.18. The van der Waals surface area contributed by atoms with Crippen molar-refractivity contribution >= 4 is 29.3 Å². The molecule has 3 rings (SSSR count). The molecule has 29 heavy (non-hydrogen) atoms. The number of hydrogen-bond acceptors (Lipinski definition) is 4. The average Bonchev–Trinajstić information content (AvgIpc) is 3.15. The molecule has 3 aromatic rings. The number of nitrogens with two attached hydrogens (primary N) is 1. The quantitative estimate of drug-likeness (QED) is 0.579. The van der Waals surface area contributed by atoms with Gasteiger partial charge in [-0.2, -0.15) is 0 Å². The predicted octanol–water partition coefficient (Wildman–Crippen LogP) is 3.49. The van der Waals surface area contributed by atoms with Crippen molar-refractivity contribution in [1.29, 1.82) is 0 Å². The van der Waals surface area contributed by atoms with Crippen molar-refractivity contribution in [2.75, 3.05) is 17.2 Å². The number of aryl methyl sites for hydroxylation is 2. The second kappa shape index (κ2) is 9.43. The fourth-order valence-electron chi connectivity index (χ4n) is 3.09. The number of primary amides is 1. The SMILES string of the molecule is Cc1ccc(-n2ccnc2SCC(=O)N(CCC(N)=O)c2ccccc2)c(C)c1. The van der Waals surface area contributed by atoms with Crippen LogP contribution in [0.25, 0.3) is 5.69 Å². The number of nitrogens with zero attached hydrogens (tertiary/aromatic N) is 3. The van der Waals surface area contributed by atoms with Crippen molar-refractivity contribution in [1.82, 2.24) is 9.55 Å². The summed E-state index contributed by atoms with van der Waals surface area (Å²) in [7, 11) is 0. The molecule has 0 saturated heterocycles. The van der Waals surface area contributed by atoms with E-state index in [4.69, 9.17) is 5.73 Å². The van der Waals surface area contributed by atoms with Gasteiger partial charge in [-0.3, -0.25) is 14.2 Å². The zero-order valence-corrected chi connectivity index (χ0v) is 17.4. The van der Waals surface area contributed by atoms with Crippen molar-refractivity contribution in [3.63, 3.8) is 0 Å². The van der Waals surface area contributed by atoms with E-state index in [1.165, 1.54) is 17.3 Å². The molecule has 7 heteroatoms. The summed E-state index contributed by atoms with van der Waals surface area (Å²) in [6.45, 7) is 4.37. The molecular formula is C22H24N4O2S. The maximum atomic E-state index is 12.9. The average molecular weight is 409 g/mol. The molecule has 0 spiro atoms. The van der Waals surface area contributed by atoms with Crippen LogP contribution >= 0.6 is 11.8 Å². The summed E-state index contributed by atoms with van der Waals surface area (Å²) in [5, 5.41) is 0.744. The minimum absolute atomic E-state index is 0.0994. The molecule has 1 aromatic heterocycles. The first-order chi connectivity index (χ1) is 14.0. The molecule has 0 aliphatic rings. The van der Waals surface area contributed by atoms with E-state index < -0.39 is 5.91 Å². The minimum atomic E-state index is -0.434. The minimum Gasteiger partial charge on any atom is -0.370 e. The molecule has 2 amide bonds. The molecule has 0 saturated carbocycles. The molecule has 0 radical (unpaired) electrons. The molecule has 0 aliphatic heterocycles. The third kappa shape index (κ3) is 5.26. The van der Waals surface area contributed by atoms with Gasteiger partial charge in [-0.25, -0.2) is 4.98 Å². The van der Waals surface area contributed by atoms with Gasteiger partial charge in [0.25, 0.3) is 0 Å². The Kier molecular flexibility index (Phi) is 6.72. The van der Waals surface area contributed by atoms with Gasteiger partial charge in [0.15, 0.2) is 5.16 Å². The normalized spacial score (nSPS) is 10.7. The van der Waals surface area contributed by atoms with E-state index in [2.05, 4.69) is 37.0 Å². The number of anilines is 1. The Hall–Kier alpha value is -3.06. The van der Waals surface area contributed by atoms with Crippen LogP contribution < -0.4 is 10.6 Å². The first kappa shape index (κ1) is 20.7. The predicted molar refractivity (Wildman–Crippen MR) is 116 cm³/mol. The van der Waals surface area contributed by atoms with Crippen LogP contribution in [0.2, 0.25) is 0 Å². The van der Waals surface area contributed by atoms with Gasteiger partial charge in [0.05, 0.1) is 11.4 Å². The Balaban J connectivity index is 1.75. The number of benzene rings is 2. The number of carbonyl (C=O) groups excluding carboxylic acids is 2.